The average molecular weight is 448 g/mol. The van der Waals surface area contributed by atoms with E-state index in [1.165, 1.54) is 19.1 Å². The number of aromatic hydroxyl groups is 4. The van der Waals surface area contributed by atoms with Crippen LogP contribution in [0.1, 0.15) is 6.92 Å². The van der Waals surface area contributed by atoms with Crippen LogP contribution in [0.5, 0.6) is 28.7 Å². The molecule has 11 nitrogen and oxygen atoms in total. The van der Waals surface area contributed by atoms with E-state index in [1.807, 2.05) is 0 Å². The van der Waals surface area contributed by atoms with Crippen LogP contribution < -0.4 is 10.2 Å². The topological polar surface area (TPSA) is 190 Å². The molecule has 0 radical (unpaired) electrons. The van der Waals surface area contributed by atoms with E-state index in [9.17, 15) is 40.5 Å². The third-order valence-electron chi connectivity index (χ3n) is 5.24. The second-order valence-electron chi connectivity index (χ2n) is 7.42. The molecular formula is C21H20O11. The number of hydrogen-bond acceptors (Lipinski definition) is 11. The summed E-state index contributed by atoms with van der Waals surface area (Å²) in [5.41, 5.74) is -0.676. The van der Waals surface area contributed by atoms with Gasteiger partial charge in [-0.05, 0) is 25.1 Å². The van der Waals surface area contributed by atoms with Gasteiger partial charge >= 0.3 is 0 Å². The molecule has 170 valence electrons. The Kier molecular flexibility index (Phi) is 5.34. The Labute approximate surface area is 179 Å². The van der Waals surface area contributed by atoms with Crippen LogP contribution in [0.3, 0.4) is 0 Å². The molecule has 4 rings (SSSR count). The average Bonchev–Trinajstić information content (AvgIpc) is 2.75. The lowest BCUT2D eigenvalue weighted by molar-refractivity contribution is -0.268. The Morgan fingerprint density at radius 1 is 0.875 bits per heavy atom. The zero-order chi connectivity index (χ0) is 23.3. The molecular weight excluding hydrogens is 428 g/mol. The van der Waals surface area contributed by atoms with E-state index in [0.29, 0.717) is 0 Å². The number of rotatable bonds is 3. The normalized spacial score (nSPS) is 25.7. The molecule has 1 aromatic heterocycles. The summed E-state index contributed by atoms with van der Waals surface area (Å²) in [6.45, 7) is 1.44. The van der Waals surface area contributed by atoms with Crippen molar-refractivity contribution in [2.75, 3.05) is 0 Å². The van der Waals surface area contributed by atoms with Crippen molar-refractivity contribution in [2.45, 2.75) is 37.6 Å². The van der Waals surface area contributed by atoms with Gasteiger partial charge in [-0.2, -0.15) is 0 Å². The first-order chi connectivity index (χ1) is 15.1. The molecule has 11 heteroatoms. The maximum atomic E-state index is 12.6. The Bertz CT molecular complexity index is 1230. The minimum Gasteiger partial charge on any atom is -0.504 e. The standard InChI is InChI=1S/C21H20O11/c1-7-16(25)19(28)20(29)21(30-7)32-14-6-13-15(18(27)17(14)26)11(24)5-12(31-13)8-2-3-9(22)10(23)4-8/h2-7,16,19-23,25-29H,1H3/t7-,16-,19+,20+,21-/m0/s1. The Morgan fingerprint density at radius 3 is 2.28 bits per heavy atom. The fourth-order valence-corrected chi connectivity index (χ4v) is 3.41. The number of phenolic OH excluding ortho intramolecular Hbond substituents is 4. The van der Waals surface area contributed by atoms with E-state index in [1.54, 1.807) is 0 Å². The zero-order valence-corrected chi connectivity index (χ0v) is 16.5. The summed E-state index contributed by atoms with van der Waals surface area (Å²) in [7, 11) is 0. The van der Waals surface area contributed by atoms with Crippen molar-refractivity contribution in [3.63, 3.8) is 0 Å². The number of phenols is 4. The molecule has 0 amide bonds. The molecule has 0 spiro atoms. The van der Waals surface area contributed by atoms with Crippen LogP contribution in [0.2, 0.25) is 0 Å². The predicted molar refractivity (Wildman–Crippen MR) is 108 cm³/mol. The van der Waals surface area contributed by atoms with Gasteiger partial charge in [0.2, 0.25) is 12.0 Å². The molecule has 1 fully saturated rings. The van der Waals surface area contributed by atoms with Gasteiger partial charge in [-0.15, -0.1) is 0 Å². The molecule has 1 aliphatic heterocycles. The highest BCUT2D eigenvalue weighted by Crippen LogP contribution is 2.43. The Morgan fingerprint density at radius 2 is 1.59 bits per heavy atom. The highest BCUT2D eigenvalue weighted by molar-refractivity contribution is 5.89. The van der Waals surface area contributed by atoms with Gasteiger partial charge in [0.1, 0.15) is 35.0 Å². The van der Waals surface area contributed by atoms with Gasteiger partial charge in [-0.3, -0.25) is 4.79 Å². The third-order valence-corrected chi connectivity index (χ3v) is 5.24. The van der Waals surface area contributed by atoms with Crippen LogP contribution in [-0.4, -0.2) is 66.5 Å². The Hall–Kier alpha value is -3.51. The molecule has 0 bridgehead atoms. The summed E-state index contributed by atoms with van der Waals surface area (Å²) in [6.07, 6.45) is -7.08. The van der Waals surface area contributed by atoms with E-state index in [2.05, 4.69) is 0 Å². The zero-order valence-electron chi connectivity index (χ0n) is 16.5. The van der Waals surface area contributed by atoms with Crippen molar-refractivity contribution in [1.82, 2.24) is 0 Å². The lowest BCUT2D eigenvalue weighted by Crippen LogP contribution is -2.58. The van der Waals surface area contributed by atoms with Crippen LogP contribution in [0, 0.1) is 0 Å². The summed E-state index contributed by atoms with van der Waals surface area (Å²) in [5.74, 6) is -2.93. The molecule has 5 atom stereocenters. The van der Waals surface area contributed by atoms with E-state index in [4.69, 9.17) is 13.9 Å². The largest absolute Gasteiger partial charge is 0.504 e. The first-order valence-corrected chi connectivity index (χ1v) is 9.50. The molecule has 7 N–H and O–H groups in total. The lowest BCUT2D eigenvalue weighted by atomic mass is 10.00. The van der Waals surface area contributed by atoms with Crippen LogP contribution in [0.4, 0.5) is 0 Å². The van der Waals surface area contributed by atoms with Gasteiger partial charge in [-0.25, -0.2) is 0 Å². The molecule has 0 unspecified atom stereocenters. The molecule has 0 saturated carbocycles. The van der Waals surface area contributed by atoms with E-state index >= 15 is 0 Å². The first kappa shape index (κ1) is 21.7. The fourth-order valence-electron chi connectivity index (χ4n) is 3.41. The number of aliphatic hydroxyl groups is 3. The number of aliphatic hydroxyl groups excluding tert-OH is 3. The molecule has 32 heavy (non-hydrogen) atoms. The van der Waals surface area contributed by atoms with Gasteiger partial charge in [0.05, 0.1) is 6.10 Å². The van der Waals surface area contributed by atoms with Gasteiger partial charge in [0.15, 0.2) is 28.4 Å². The SMILES string of the molecule is C[C@@H]1O[C@@H](Oc2cc3oc(-c4ccc(O)c(O)c4)cc(=O)c3c(O)c2O)[C@H](O)[C@H](O)[C@H]1O. The minimum atomic E-state index is -1.68. The quantitative estimate of drug-likeness (QED) is 0.276. The molecule has 1 saturated heterocycles. The van der Waals surface area contributed by atoms with Crippen molar-refractivity contribution in [1.29, 1.82) is 0 Å². The molecule has 3 aromatic rings. The monoisotopic (exact) mass is 448 g/mol. The van der Waals surface area contributed by atoms with Crippen molar-refractivity contribution in [2.24, 2.45) is 0 Å². The highest BCUT2D eigenvalue weighted by Gasteiger charge is 2.43. The molecule has 2 heterocycles. The van der Waals surface area contributed by atoms with E-state index in [0.717, 1.165) is 18.2 Å². The summed E-state index contributed by atoms with van der Waals surface area (Å²) in [5, 5.41) is 69.3. The number of ether oxygens (including phenoxy) is 2. The second kappa shape index (κ2) is 7.88. The molecule has 2 aromatic carbocycles. The van der Waals surface area contributed by atoms with Gasteiger partial charge in [0, 0.05) is 17.7 Å². The van der Waals surface area contributed by atoms with Gasteiger partial charge < -0.3 is 49.6 Å². The second-order valence-corrected chi connectivity index (χ2v) is 7.42. The maximum absolute atomic E-state index is 12.6. The van der Waals surface area contributed by atoms with Crippen molar-refractivity contribution >= 4 is 11.0 Å². The summed E-state index contributed by atoms with van der Waals surface area (Å²) < 4.78 is 16.4. The number of fused-ring (bicyclic) bond motifs is 1. The van der Waals surface area contributed by atoms with E-state index in [-0.39, 0.29) is 28.0 Å². The van der Waals surface area contributed by atoms with E-state index < -0.39 is 59.1 Å². The number of benzene rings is 2. The maximum Gasteiger partial charge on any atom is 0.229 e. The summed E-state index contributed by atoms with van der Waals surface area (Å²) in [6, 6.07) is 5.85. The molecule has 1 aliphatic rings. The minimum absolute atomic E-state index is 0.0186. The first-order valence-electron chi connectivity index (χ1n) is 9.50. The number of hydrogen-bond donors (Lipinski definition) is 7. The van der Waals surface area contributed by atoms with Crippen molar-refractivity contribution < 1.29 is 49.6 Å². The summed E-state index contributed by atoms with van der Waals surface area (Å²) >= 11 is 0. The molecule has 0 aliphatic carbocycles. The highest BCUT2D eigenvalue weighted by atomic mass is 16.7. The Balaban J connectivity index is 1.78. The van der Waals surface area contributed by atoms with Gasteiger partial charge in [-0.1, -0.05) is 0 Å². The smallest absolute Gasteiger partial charge is 0.229 e. The summed E-state index contributed by atoms with van der Waals surface area (Å²) in [4.78, 5) is 12.6. The lowest BCUT2D eigenvalue weighted by Gasteiger charge is -2.38. The van der Waals surface area contributed by atoms with Crippen molar-refractivity contribution in [3.8, 4) is 40.1 Å². The fraction of sp³-hybridized carbons (Fsp3) is 0.286. The van der Waals surface area contributed by atoms with Crippen molar-refractivity contribution in [3.05, 3.63) is 40.6 Å². The van der Waals surface area contributed by atoms with Gasteiger partial charge in [0.25, 0.3) is 0 Å². The van der Waals surface area contributed by atoms with Crippen LogP contribution in [0.15, 0.2) is 39.5 Å². The predicted octanol–water partition coefficient (Wildman–Crippen LogP) is 0.489. The van der Waals surface area contributed by atoms with Crippen LogP contribution in [0.25, 0.3) is 22.3 Å². The third kappa shape index (κ3) is 3.56. The van der Waals surface area contributed by atoms with Crippen LogP contribution in [-0.2, 0) is 4.74 Å². The van der Waals surface area contributed by atoms with Crippen LogP contribution >= 0.6 is 0 Å².